The van der Waals surface area contributed by atoms with E-state index in [4.69, 9.17) is 14.2 Å². The van der Waals surface area contributed by atoms with Gasteiger partial charge in [-0.3, -0.25) is 19.3 Å². The van der Waals surface area contributed by atoms with Crippen molar-refractivity contribution in [2.75, 3.05) is 46.0 Å². The highest BCUT2D eigenvalue weighted by atomic mass is 16.5. The van der Waals surface area contributed by atoms with Gasteiger partial charge in [-0.05, 0) is 45.0 Å². The number of methoxy groups -OCH3 is 3. The molecule has 0 spiro atoms. The predicted molar refractivity (Wildman–Crippen MR) is 128 cm³/mol. The summed E-state index contributed by atoms with van der Waals surface area (Å²) in [4.78, 5) is 43.5. The van der Waals surface area contributed by atoms with Crippen LogP contribution in [0.4, 0.5) is 5.69 Å². The van der Waals surface area contributed by atoms with Gasteiger partial charge in [-0.25, -0.2) is 0 Å². The summed E-state index contributed by atoms with van der Waals surface area (Å²) < 4.78 is 16.0. The van der Waals surface area contributed by atoms with E-state index in [0.717, 1.165) is 11.3 Å². The van der Waals surface area contributed by atoms with Crippen LogP contribution in [0.15, 0.2) is 36.4 Å². The summed E-state index contributed by atoms with van der Waals surface area (Å²) in [6.45, 7) is 5.58. The van der Waals surface area contributed by atoms with Crippen LogP contribution in [0.5, 0.6) is 17.2 Å². The predicted octanol–water partition coefficient (Wildman–Crippen LogP) is 2.70. The third kappa shape index (κ3) is 5.08. The van der Waals surface area contributed by atoms with Gasteiger partial charge in [-0.2, -0.15) is 0 Å². The molecule has 1 aliphatic rings. The maximum absolute atomic E-state index is 13.4. The van der Waals surface area contributed by atoms with Crippen LogP contribution in [-0.2, 0) is 9.59 Å². The van der Waals surface area contributed by atoms with E-state index in [-0.39, 0.29) is 43.5 Å². The Bertz CT molecular complexity index is 1040. The SMILES string of the molecule is COc1cc(C(=O)N(CC(=O)N2CC(=O)N(c3ccc(C)cc3)C2)C(C)C)cc(OC)c1OC. The number of aryl methyl sites for hydroxylation is 1. The van der Waals surface area contributed by atoms with Crippen LogP contribution >= 0.6 is 0 Å². The van der Waals surface area contributed by atoms with E-state index >= 15 is 0 Å². The molecule has 2 aromatic rings. The van der Waals surface area contributed by atoms with Gasteiger partial charge in [0.2, 0.25) is 17.6 Å². The van der Waals surface area contributed by atoms with Crippen molar-refractivity contribution >= 4 is 23.4 Å². The molecule has 0 bridgehead atoms. The largest absolute Gasteiger partial charge is 0.493 e. The number of rotatable bonds is 8. The maximum Gasteiger partial charge on any atom is 0.254 e. The Morgan fingerprint density at radius 3 is 2.09 bits per heavy atom. The second-order valence-electron chi connectivity index (χ2n) is 8.33. The lowest BCUT2D eigenvalue weighted by atomic mass is 10.1. The lowest BCUT2D eigenvalue weighted by Gasteiger charge is -2.28. The molecule has 9 nitrogen and oxygen atoms in total. The zero-order valence-corrected chi connectivity index (χ0v) is 20.5. The van der Waals surface area contributed by atoms with E-state index < -0.39 is 0 Å². The fraction of sp³-hybridized carbons (Fsp3) is 0.400. The molecule has 182 valence electrons. The van der Waals surface area contributed by atoms with Crippen LogP contribution in [0, 0.1) is 6.92 Å². The third-order valence-electron chi connectivity index (χ3n) is 5.74. The number of hydrogen-bond donors (Lipinski definition) is 0. The number of nitrogens with zero attached hydrogens (tertiary/aromatic N) is 3. The summed E-state index contributed by atoms with van der Waals surface area (Å²) in [6, 6.07) is 10.4. The van der Waals surface area contributed by atoms with E-state index in [9.17, 15) is 14.4 Å². The number of anilines is 1. The van der Waals surface area contributed by atoms with E-state index in [2.05, 4.69) is 0 Å². The van der Waals surface area contributed by atoms with Crippen LogP contribution in [0.2, 0.25) is 0 Å². The molecule has 0 unspecified atom stereocenters. The number of carbonyl (C=O) groups excluding carboxylic acids is 3. The Hall–Kier alpha value is -3.75. The van der Waals surface area contributed by atoms with Gasteiger partial charge in [0.1, 0.15) is 19.8 Å². The van der Waals surface area contributed by atoms with Crippen molar-refractivity contribution < 1.29 is 28.6 Å². The summed E-state index contributed by atoms with van der Waals surface area (Å²) in [5, 5.41) is 0. The summed E-state index contributed by atoms with van der Waals surface area (Å²) >= 11 is 0. The Balaban J connectivity index is 1.79. The monoisotopic (exact) mass is 469 g/mol. The number of amides is 3. The zero-order chi connectivity index (χ0) is 25.0. The molecule has 1 heterocycles. The molecule has 3 amide bonds. The molecule has 0 saturated carbocycles. The highest BCUT2D eigenvalue weighted by Gasteiger charge is 2.34. The molecule has 0 atom stereocenters. The molecular weight excluding hydrogens is 438 g/mol. The van der Waals surface area contributed by atoms with Gasteiger partial charge in [0.25, 0.3) is 5.91 Å². The van der Waals surface area contributed by atoms with Crippen molar-refractivity contribution in [2.24, 2.45) is 0 Å². The van der Waals surface area contributed by atoms with Crippen LogP contribution in [0.1, 0.15) is 29.8 Å². The molecular formula is C25H31N3O6. The highest BCUT2D eigenvalue weighted by Crippen LogP contribution is 2.38. The topological polar surface area (TPSA) is 88.6 Å². The van der Waals surface area contributed by atoms with Gasteiger partial charge in [-0.1, -0.05) is 17.7 Å². The van der Waals surface area contributed by atoms with Crippen molar-refractivity contribution in [3.05, 3.63) is 47.5 Å². The zero-order valence-electron chi connectivity index (χ0n) is 20.5. The fourth-order valence-electron chi connectivity index (χ4n) is 3.77. The Kier molecular flexibility index (Phi) is 7.65. The molecule has 0 N–H and O–H groups in total. The van der Waals surface area contributed by atoms with E-state index in [1.165, 1.54) is 31.1 Å². The smallest absolute Gasteiger partial charge is 0.254 e. The molecule has 9 heteroatoms. The number of ether oxygens (including phenoxy) is 3. The van der Waals surface area contributed by atoms with E-state index in [1.807, 2.05) is 45.0 Å². The third-order valence-corrected chi connectivity index (χ3v) is 5.74. The molecule has 3 rings (SSSR count). The van der Waals surface area contributed by atoms with Crippen molar-refractivity contribution in [3.63, 3.8) is 0 Å². The summed E-state index contributed by atoms with van der Waals surface area (Å²) in [7, 11) is 4.43. The minimum Gasteiger partial charge on any atom is -0.493 e. The summed E-state index contributed by atoms with van der Waals surface area (Å²) in [5.41, 5.74) is 2.12. The van der Waals surface area contributed by atoms with Crippen molar-refractivity contribution in [3.8, 4) is 17.2 Å². The minimum atomic E-state index is -0.358. The van der Waals surface area contributed by atoms with Crippen LogP contribution < -0.4 is 19.1 Å². The number of benzene rings is 2. The quantitative estimate of drug-likeness (QED) is 0.591. The molecule has 2 aromatic carbocycles. The lowest BCUT2D eigenvalue weighted by Crippen LogP contribution is -2.45. The van der Waals surface area contributed by atoms with Crippen molar-refractivity contribution in [2.45, 2.75) is 26.8 Å². The molecule has 1 fully saturated rings. The second kappa shape index (κ2) is 10.5. The van der Waals surface area contributed by atoms with Crippen molar-refractivity contribution in [1.29, 1.82) is 0 Å². The van der Waals surface area contributed by atoms with Crippen LogP contribution in [0.3, 0.4) is 0 Å². The molecule has 0 aromatic heterocycles. The maximum atomic E-state index is 13.4. The van der Waals surface area contributed by atoms with Crippen LogP contribution in [0.25, 0.3) is 0 Å². The molecule has 0 radical (unpaired) electrons. The van der Waals surface area contributed by atoms with Gasteiger partial charge < -0.3 is 24.0 Å². The summed E-state index contributed by atoms with van der Waals surface area (Å²) in [5.74, 6) is 0.240. The second-order valence-corrected chi connectivity index (χ2v) is 8.33. The Labute approximate surface area is 199 Å². The van der Waals surface area contributed by atoms with E-state index in [1.54, 1.807) is 17.0 Å². The average Bonchev–Trinajstić information content (AvgIpc) is 3.22. The first-order valence-electron chi connectivity index (χ1n) is 11.0. The first-order valence-corrected chi connectivity index (χ1v) is 11.0. The normalized spacial score (nSPS) is 13.3. The van der Waals surface area contributed by atoms with Gasteiger partial charge in [0, 0.05) is 17.3 Å². The standard InChI is InChI=1S/C25H31N3O6/c1-16(2)27(25(31)18-11-20(32-4)24(34-6)21(12-18)33-5)14-22(29)26-13-23(30)28(15-26)19-9-7-17(3)8-10-19/h7-12,16H,13-15H2,1-6H3. The van der Waals surface area contributed by atoms with E-state index in [0.29, 0.717) is 22.8 Å². The highest BCUT2D eigenvalue weighted by molar-refractivity contribution is 6.02. The molecule has 34 heavy (non-hydrogen) atoms. The van der Waals surface area contributed by atoms with Gasteiger partial charge in [0.15, 0.2) is 11.5 Å². The first kappa shape index (κ1) is 24.9. The average molecular weight is 470 g/mol. The first-order chi connectivity index (χ1) is 16.2. The van der Waals surface area contributed by atoms with Gasteiger partial charge in [0.05, 0.1) is 21.3 Å². The van der Waals surface area contributed by atoms with Crippen LogP contribution in [-0.4, -0.2) is 74.7 Å². The molecule has 1 aliphatic heterocycles. The van der Waals surface area contributed by atoms with Crippen molar-refractivity contribution in [1.82, 2.24) is 9.80 Å². The number of hydrogen-bond acceptors (Lipinski definition) is 6. The summed E-state index contributed by atoms with van der Waals surface area (Å²) in [6.07, 6.45) is 0. The Morgan fingerprint density at radius 1 is 1.00 bits per heavy atom. The Morgan fingerprint density at radius 2 is 1.59 bits per heavy atom. The fourth-order valence-corrected chi connectivity index (χ4v) is 3.77. The minimum absolute atomic E-state index is 0.0307. The molecule has 1 saturated heterocycles. The number of carbonyl (C=O) groups is 3. The lowest BCUT2D eigenvalue weighted by molar-refractivity contribution is -0.132. The van der Waals surface area contributed by atoms with Gasteiger partial charge >= 0.3 is 0 Å². The molecule has 0 aliphatic carbocycles. The van der Waals surface area contributed by atoms with Gasteiger partial charge in [-0.15, -0.1) is 0 Å².